The summed E-state index contributed by atoms with van der Waals surface area (Å²) in [6.07, 6.45) is 2.68. The SMILES string of the molecule is Cc1ccc(C(NC(=O)CCn2c(C)csc2=O)C2CC2)cc1. The van der Waals surface area contributed by atoms with Gasteiger partial charge in [-0.25, -0.2) is 0 Å². The molecule has 0 saturated heterocycles. The van der Waals surface area contributed by atoms with Crippen molar-refractivity contribution in [3.05, 3.63) is 56.1 Å². The highest BCUT2D eigenvalue weighted by atomic mass is 32.1. The minimum Gasteiger partial charge on any atom is -0.349 e. The summed E-state index contributed by atoms with van der Waals surface area (Å²) in [6.45, 7) is 4.41. The third-order valence-electron chi connectivity index (χ3n) is 4.39. The number of thiazole rings is 1. The molecule has 4 nitrogen and oxygen atoms in total. The highest BCUT2D eigenvalue weighted by Gasteiger charge is 2.33. The number of carbonyl (C=O) groups excluding carboxylic acids is 1. The molecule has 1 aliphatic rings. The van der Waals surface area contributed by atoms with Gasteiger partial charge in [-0.15, -0.1) is 0 Å². The fourth-order valence-electron chi connectivity index (χ4n) is 2.81. The molecule has 1 amide bonds. The lowest BCUT2D eigenvalue weighted by atomic mass is 10.0. The van der Waals surface area contributed by atoms with Gasteiger partial charge in [0.1, 0.15) is 0 Å². The van der Waals surface area contributed by atoms with Gasteiger partial charge in [0.05, 0.1) is 6.04 Å². The Labute approximate surface area is 140 Å². The van der Waals surface area contributed by atoms with Crippen molar-refractivity contribution in [2.45, 2.75) is 45.7 Å². The molecule has 0 spiro atoms. The van der Waals surface area contributed by atoms with Crippen molar-refractivity contribution >= 4 is 17.2 Å². The van der Waals surface area contributed by atoms with Crippen LogP contribution in [-0.4, -0.2) is 10.5 Å². The van der Waals surface area contributed by atoms with E-state index in [-0.39, 0.29) is 16.8 Å². The van der Waals surface area contributed by atoms with Gasteiger partial charge in [0.15, 0.2) is 0 Å². The van der Waals surface area contributed by atoms with E-state index in [2.05, 4.69) is 36.5 Å². The summed E-state index contributed by atoms with van der Waals surface area (Å²) >= 11 is 1.19. The number of benzene rings is 1. The van der Waals surface area contributed by atoms with Crippen LogP contribution in [0.4, 0.5) is 0 Å². The van der Waals surface area contributed by atoms with Crippen LogP contribution in [0, 0.1) is 19.8 Å². The predicted octanol–water partition coefficient (Wildman–Crippen LogP) is 3.18. The van der Waals surface area contributed by atoms with Gasteiger partial charge in [0, 0.05) is 24.0 Å². The maximum Gasteiger partial charge on any atom is 0.307 e. The Bertz CT molecular complexity index is 741. The Balaban J connectivity index is 1.63. The van der Waals surface area contributed by atoms with Crippen LogP contribution in [0.3, 0.4) is 0 Å². The number of nitrogens with zero attached hydrogens (tertiary/aromatic N) is 1. The van der Waals surface area contributed by atoms with Gasteiger partial charge in [0.25, 0.3) is 0 Å². The second-order valence-corrected chi connectivity index (χ2v) is 7.16. The van der Waals surface area contributed by atoms with Crippen molar-refractivity contribution in [2.24, 2.45) is 5.92 Å². The Kier molecular flexibility index (Phi) is 4.66. The van der Waals surface area contributed by atoms with Gasteiger partial charge in [-0.05, 0) is 38.2 Å². The Morgan fingerprint density at radius 2 is 2.00 bits per heavy atom. The number of amides is 1. The first-order valence-corrected chi connectivity index (χ1v) is 8.93. The summed E-state index contributed by atoms with van der Waals surface area (Å²) in [5, 5.41) is 5.00. The third-order valence-corrected chi connectivity index (χ3v) is 5.27. The molecule has 2 aromatic rings. The predicted molar refractivity (Wildman–Crippen MR) is 92.7 cm³/mol. The third kappa shape index (κ3) is 3.91. The summed E-state index contributed by atoms with van der Waals surface area (Å²) in [4.78, 5) is 24.0. The number of carbonyl (C=O) groups is 1. The molecule has 0 radical (unpaired) electrons. The average molecular weight is 330 g/mol. The zero-order chi connectivity index (χ0) is 16.4. The van der Waals surface area contributed by atoms with Crippen molar-refractivity contribution in [3.8, 4) is 0 Å². The maximum atomic E-state index is 12.3. The van der Waals surface area contributed by atoms with Crippen LogP contribution in [0.25, 0.3) is 0 Å². The van der Waals surface area contributed by atoms with Crippen LogP contribution in [-0.2, 0) is 11.3 Å². The first-order chi connectivity index (χ1) is 11.0. The van der Waals surface area contributed by atoms with E-state index >= 15 is 0 Å². The Morgan fingerprint density at radius 1 is 1.30 bits per heavy atom. The Morgan fingerprint density at radius 3 is 2.57 bits per heavy atom. The summed E-state index contributed by atoms with van der Waals surface area (Å²) in [7, 11) is 0. The van der Waals surface area contributed by atoms with Gasteiger partial charge >= 0.3 is 4.87 Å². The van der Waals surface area contributed by atoms with Crippen molar-refractivity contribution in [2.75, 3.05) is 0 Å². The van der Waals surface area contributed by atoms with Crippen molar-refractivity contribution < 1.29 is 4.79 Å². The smallest absolute Gasteiger partial charge is 0.307 e. The highest BCUT2D eigenvalue weighted by Crippen LogP contribution is 2.41. The lowest BCUT2D eigenvalue weighted by Crippen LogP contribution is -2.31. The largest absolute Gasteiger partial charge is 0.349 e. The van der Waals surface area contributed by atoms with E-state index in [4.69, 9.17) is 0 Å². The minimum atomic E-state index is 0.00702. The molecule has 1 saturated carbocycles. The van der Waals surface area contributed by atoms with E-state index in [9.17, 15) is 9.59 Å². The zero-order valence-corrected chi connectivity index (χ0v) is 14.4. The minimum absolute atomic E-state index is 0.00702. The van der Waals surface area contributed by atoms with E-state index in [1.807, 2.05) is 12.3 Å². The second-order valence-electron chi connectivity index (χ2n) is 6.34. The van der Waals surface area contributed by atoms with Gasteiger partial charge < -0.3 is 9.88 Å². The Hall–Kier alpha value is -1.88. The molecule has 23 heavy (non-hydrogen) atoms. The average Bonchev–Trinajstić information content (AvgIpc) is 3.31. The summed E-state index contributed by atoms with van der Waals surface area (Å²) in [5.41, 5.74) is 3.32. The van der Waals surface area contributed by atoms with Gasteiger partial charge in [0.2, 0.25) is 5.91 Å². The van der Waals surface area contributed by atoms with Crippen molar-refractivity contribution in [3.63, 3.8) is 0 Å². The molecule has 1 fully saturated rings. The molecule has 1 aromatic heterocycles. The monoisotopic (exact) mass is 330 g/mol. The van der Waals surface area contributed by atoms with Gasteiger partial charge in [-0.3, -0.25) is 9.59 Å². The van der Waals surface area contributed by atoms with Gasteiger partial charge in [-0.1, -0.05) is 41.2 Å². The first-order valence-electron chi connectivity index (χ1n) is 8.05. The molecule has 1 N–H and O–H groups in total. The highest BCUT2D eigenvalue weighted by molar-refractivity contribution is 7.07. The number of hydrogen-bond acceptors (Lipinski definition) is 3. The zero-order valence-electron chi connectivity index (χ0n) is 13.5. The second kappa shape index (κ2) is 6.71. The molecule has 0 bridgehead atoms. The molecular formula is C18H22N2O2S. The van der Waals surface area contributed by atoms with Crippen LogP contribution in [0.15, 0.2) is 34.4 Å². The molecule has 5 heteroatoms. The molecule has 3 rings (SSSR count). The molecule has 1 atom stereocenters. The fraction of sp³-hybridized carbons (Fsp3) is 0.444. The summed E-state index contributed by atoms with van der Waals surface area (Å²) < 4.78 is 1.67. The lowest BCUT2D eigenvalue weighted by Gasteiger charge is -2.19. The van der Waals surface area contributed by atoms with Crippen LogP contribution >= 0.6 is 11.3 Å². The molecular weight excluding hydrogens is 308 g/mol. The van der Waals surface area contributed by atoms with E-state index in [0.717, 1.165) is 5.69 Å². The first kappa shape index (κ1) is 16.0. The normalized spacial score (nSPS) is 15.4. The number of hydrogen-bond donors (Lipinski definition) is 1. The molecule has 1 unspecified atom stereocenters. The molecule has 0 aliphatic heterocycles. The van der Waals surface area contributed by atoms with E-state index in [1.54, 1.807) is 4.57 Å². The van der Waals surface area contributed by atoms with Crippen LogP contribution in [0.2, 0.25) is 0 Å². The number of aromatic nitrogens is 1. The van der Waals surface area contributed by atoms with E-state index in [1.165, 1.54) is 35.3 Å². The van der Waals surface area contributed by atoms with Crippen molar-refractivity contribution in [1.29, 1.82) is 0 Å². The molecule has 1 heterocycles. The number of aryl methyl sites for hydroxylation is 2. The number of rotatable bonds is 6. The topological polar surface area (TPSA) is 51.1 Å². The standard InChI is InChI=1S/C18H22N2O2S/c1-12-3-5-14(6-4-12)17(15-7-8-15)19-16(21)9-10-20-13(2)11-23-18(20)22/h3-6,11,15,17H,7-10H2,1-2H3,(H,19,21). The number of nitrogens with one attached hydrogen (secondary N) is 1. The van der Waals surface area contributed by atoms with Crippen molar-refractivity contribution in [1.82, 2.24) is 9.88 Å². The molecule has 122 valence electrons. The quantitative estimate of drug-likeness (QED) is 0.884. The maximum absolute atomic E-state index is 12.3. The lowest BCUT2D eigenvalue weighted by molar-refractivity contribution is -0.122. The summed E-state index contributed by atoms with van der Waals surface area (Å²) in [5.74, 6) is 0.562. The molecule has 1 aromatic carbocycles. The van der Waals surface area contributed by atoms with E-state index < -0.39 is 0 Å². The fourth-order valence-corrected chi connectivity index (χ4v) is 3.57. The van der Waals surface area contributed by atoms with Gasteiger partial charge in [-0.2, -0.15) is 0 Å². The molecule has 1 aliphatic carbocycles. The van der Waals surface area contributed by atoms with Crippen LogP contribution in [0.5, 0.6) is 0 Å². The van der Waals surface area contributed by atoms with Crippen LogP contribution in [0.1, 0.15) is 42.1 Å². The van der Waals surface area contributed by atoms with E-state index in [0.29, 0.717) is 18.9 Å². The summed E-state index contributed by atoms with van der Waals surface area (Å²) in [6, 6.07) is 8.48. The van der Waals surface area contributed by atoms with Crippen LogP contribution < -0.4 is 10.2 Å².